The number of nitrogens with zero attached hydrogens (tertiary/aromatic N) is 3. The van der Waals surface area contributed by atoms with Crippen molar-refractivity contribution in [2.45, 2.75) is 70.0 Å². The van der Waals surface area contributed by atoms with Gasteiger partial charge in [-0.3, -0.25) is 0 Å². The third-order valence-corrected chi connectivity index (χ3v) is 6.42. The molecule has 5 atom stereocenters. The highest BCUT2D eigenvalue weighted by Gasteiger charge is 2.60. The molecular formula is C27H33N3O7. The Morgan fingerprint density at radius 2 is 1.49 bits per heavy atom. The molecule has 5 rings (SSSR count). The van der Waals surface area contributed by atoms with E-state index in [1.54, 1.807) is 38.1 Å². The molecule has 2 aromatic carbocycles. The van der Waals surface area contributed by atoms with Crippen LogP contribution in [0.2, 0.25) is 0 Å². The number of hydrogen-bond acceptors (Lipinski definition) is 10. The van der Waals surface area contributed by atoms with E-state index in [0.29, 0.717) is 17.9 Å². The van der Waals surface area contributed by atoms with Crippen LogP contribution in [0.15, 0.2) is 58.8 Å². The first-order valence-electron chi connectivity index (χ1n) is 12.3. The molecule has 3 aliphatic rings. The van der Waals surface area contributed by atoms with Crippen molar-refractivity contribution in [2.75, 3.05) is 25.6 Å². The molecule has 3 aliphatic heterocycles. The summed E-state index contributed by atoms with van der Waals surface area (Å²) >= 11 is 0. The number of carbonyl (C=O) groups is 1. The normalized spacial score (nSPS) is 29.9. The lowest BCUT2D eigenvalue weighted by atomic mass is 10.1. The van der Waals surface area contributed by atoms with Crippen LogP contribution in [0.5, 0.6) is 0 Å². The van der Waals surface area contributed by atoms with E-state index < -0.39 is 48.2 Å². The van der Waals surface area contributed by atoms with Gasteiger partial charge in [-0.15, -0.1) is 0 Å². The summed E-state index contributed by atoms with van der Waals surface area (Å²) in [5, 5.41) is 8.53. The van der Waals surface area contributed by atoms with Gasteiger partial charge in [0, 0.05) is 19.8 Å². The molecule has 0 N–H and O–H groups in total. The Morgan fingerprint density at radius 1 is 0.865 bits per heavy atom. The summed E-state index contributed by atoms with van der Waals surface area (Å²) in [4.78, 5) is 15.1. The number of esters is 1. The molecule has 198 valence electrons. The Morgan fingerprint density at radius 3 is 2.05 bits per heavy atom. The monoisotopic (exact) mass is 511 g/mol. The van der Waals surface area contributed by atoms with Gasteiger partial charge in [0.05, 0.1) is 23.5 Å². The second-order valence-corrected chi connectivity index (χ2v) is 10.5. The largest absolute Gasteiger partial charge is 0.453 e. The Bertz CT molecular complexity index is 1150. The highest BCUT2D eigenvalue weighted by molar-refractivity contribution is 5.90. The molecule has 3 fully saturated rings. The van der Waals surface area contributed by atoms with Crippen LogP contribution in [-0.2, 0) is 28.4 Å². The molecule has 0 spiro atoms. The van der Waals surface area contributed by atoms with Crippen LogP contribution >= 0.6 is 0 Å². The second-order valence-electron chi connectivity index (χ2n) is 10.5. The summed E-state index contributed by atoms with van der Waals surface area (Å²) in [7, 11) is 3.96. The number of carbonyl (C=O) groups excluding carboxylic acids is 1. The van der Waals surface area contributed by atoms with E-state index in [9.17, 15) is 4.79 Å². The Kier molecular flexibility index (Phi) is 6.80. The summed E-state index contributed by atoms with van der Waals surface area (Å²) < 4.78 is 35.6. The number of ether oxygens (including phenoxy) is 6. The molecule has 10 heteroatoms. The van der Waals surface area contributed by atoms with Crippen molar-refractivity contribution >= 4 is 23.0 Å². The second kappa shape index (κ2) is 9.77. The van der Waals surface area contributed by atoms with Crippen LogP contribution in [0.25, 0.3) is 0 Å². The zero-order valence-corrected chi connectivity index (χ0v) is 21.9. The third-order valence-electron chi connectivity index (χ3n) is 6.42. The Hall–Kier alpha value is -2.89. The highest BCUT2D eigenvalue weighted by Crippen LogP contribution is 2.42. The minimum absolute atomic E-state index is 0.312. The van der Waals surface area contributed by atoms with Gasteiger partial charge in [-0.25, -0.2) is 4.79 Å². The van der Waals surface area contributed by atoms with Crippen LogP contribution in [0.1, 0.15) is 38.1 Å². The van der Waals surface area contributed by atoms with Crippen LogP contribution < -0.4 is 4.90 Å². The predicted molar refractivity (Wildman–Crippen MR) is 134 cm³/mol. The quantitative estimate of drug-likeness (QED) is 0.406. The van der Waals surface area contributed by atoms with Crippen molar-refractivity contribution < 1.29 is 33.2 Å². The smallest absolute Gasteiger partial charge is 0.338 e. The number of fused-ring (bicyclic) bond motifs is 1. The fourth-order valence-electron chi connectivity index (χ4n) is 4.60. The molecule has 37 heavy (non-hydrogen) atoms. The minimum atomic E-state index is -0.850. The first-order chi connectivity index (χ1) is 17.5. The molecular weight excluding hydrogens is 478 g/mol. The van der Waals surface area contributed by atoms with Gasteiger partial charge in [-0.2, -0.15) is 10.2 Å². The Labute approximate surface area is 216 Å². The predicted octanol–water partition coefficient (Wildman–Crippen LogP) is 4.72. The molecule has 2 aromatic rings. The van der Waals surface area contributed by atoms with Gasteiger partial charge < -0.3 is 33.3 Å². The summed E-state index contributed by atoms with van der Waals surface area (Å²) in [5.74, 6) is -2.11. The van der Waals surface area contributed by atoms with Gasteiger partial charge in [0.1, 0.15) is 12.2 Å². The maximum atomic E-state index is 13.1. The van der Waals surface area contributed by atoms with E-state index in [4.69, 9.17) is 28.4 Å². The fraction of sp³-hybridized carbons (Fsp3) is 0.519. The van der Waals surface area contributed by atoms with E-state index in [2.05, 4.69) is 10.2 Å². The van der Waals surface area contributed by atoms with Gasteiger partial charge in [0.15, 0.2) is 30.1 Å². The molecule has 0 saturated carbocycles. The molecule has 3 saturated heterocycles. The van der Waals surface area contributed by atoms with Crippen molar-refractivity contribution in [2.24, 2.45) is 10.2 Å². The molecule has 0 bridgehead atoms. The summed E-state index contributed by atoms with van der Waals surface area (Å²) in [6.45, 7) is 7.57. The number of rotatable bonds is 6. The van der Waals surface area contributed by atoms with Crippen LogP contribution in [0.3, 0.4) is 0 Å². The van der Waals surface area contributed by atoms with E-state index in [1.165, 1.54) is 0 Å². The summed E-state index contributed by atoms with van der Waals surface area (Å²) in [6, 6.07) is 14.5. The van der Waals surface area contributed by atoms with Gasteiger partial charge >= 0.3 is 5.97 Å². The van der Waals surface area contributed by atoms with Crippen molar-refractivity contribution in [3.63, 3.8) is 0 Å². The van der Waals surface area contributed by atoms with Crippen LogP contribution in [0, 0.1) is 0 Å². The highest BCUT2D eigenvalue weighted by atomic mass is 16.8. The van der Waals surface area contributed by atoms with E-state index in [0.717, 1.165) is 11.4 Å². The molecule has 0 aliphatic carbocycles. The van der Waals surface area contributed by atoms with Crippen molar-refractivity contribution in [1.29, 1.82) is 0 Å². The van der Waals surface area contributed by atoms with E-state index in [-0.39, 0.29) is 0 Å². The minimum Gasteiger partial charge on any atom is -0.453 e. The molecule has 0 unspecified atom stereocenters. The Balaban J connectivity index is 1.26. The molecule has 3 heterocycles. The maximum absolute atomic E-state index is 13.1. The average molecular weight is 512 g/mol. The number of benzene rings is 2. The molecule has 0 aromatic heterocycles. The zero-order chi connectivity index (χ0) is 26.4. The lowest BCUT2D eigenvalue weighted by molar-refractivity contribution is -0.232. The van der Waals surface area contributed by atoms with Gasteiger partial charge in [-0.05, 0) is 76.2 Å². The number of anilines is 1. The fourth-order valence-corrected chi connectivity index (χ4v) is 4.60. The van der Waals surface area contributed by atoms with Crippen molar-refractivity contribution in [1.82, 2.24) is 0 Å². The average Bonchev–Trinajstić information content (AvgIpc) is 3.47. The third kappa shape index (κ3) is 5.68. The number of hydrogen-bond donors (Lipinski definition) is 0. The van der Waals surface area contributed by atoms with Gasteiger partial charge in [0.25, 0.3) is 0 Å². The van der Waals surface area contributed by atoms with Crippen molar-refractivity contribution in [3.05, 3.63) is 54.1 Å². The van der Waals surface area contributed by atoms with E-state index >= 15 is 0 Å². The lowest BCUT2D eigenvalue weighted by Crippen LogP contribution is -2.45. The summed E-state index contributed by atoms with van der Waals surface area (Å²) in [5.41, 5.74) is 2.80. The first-order valence-corrected chi connectivity index (χ1v) is 12.3. The first kappa shape index (κ1) is 25.7. The summed E-state index contributed by atoms with van der Waals surface area (Å²) in [6.07, 6.45) is -3.00. The van der Waals surface area contributed by atoms with Gasteiger partial charge in [-0.1, -0.05) is 0 Å². The molecule has 0 radical (unpaired) electrons. The molecule has 0 amide bonds. The zero-order valence-electron chi connectivity index (χ0n) is 21.9. The number of azo groups is 1. The lowest BCUT2D eigenvalue weighted by Gasteiger charge is -2.28. The topological polar surface area (TPSA) is 100 Å². The standard InChI is InChI=1S/C27H33N3O7/c1-26(2)32-15-20(35-26)21-22(23-25(34-21)37-27(3,4)36-23)33-24(31)16-7-9-17(10-8-16)28-29-18-11-13-19(14-12-18)30(5)6/h7-14,20-23,25H,15H2,1-6H3/t20-,21-,22+,23-,25-/m1/s1. The van der Waals surface area contributed by atoms with Gasteiger partial charge in [0.2, 0.25) is 0 Å². The SMILES string of the molecule is CN(C)c1ccc(N=Nc2ccc(C(=O)O[C@@H]3[C@H]4OC(C)(C)O[C@H]4O[C@@H]3[C@H]3COC(C)(C)O3)cc2)cc1. The van der Waals surface area contributed by atoms with Crippen LogP contribution in [0.4, 0.5) is 17.1 Å². The van der Waals surface area contributed by atoms with Crippen LogP contribution in [-0.4, -0.2) is 69.0 Å². The maximum Gasteiger partial charge on any atom is 0.338 e. The van der Waals surface area contributed by atoms with E-state index in [1.807, 2.05) is 57.1 Å². The van der Waals surface area contributed by atoms with Crippen molar-refractivity contribution in [3.8, 4) is 0 Å². The molecule has 10 nitrogen and oxygen atoms in total.